The Balaban J connectivity index is 2.15. The molecule has 5 heteroatoms. The monoisotopic (exact) mass is 298 g/mol. The summed E-state index contributed by atoms with van der Waals surface area (Å²) >= 11 is 0. The Labute approximate surface area is 128 Å². The maximum absolute atomic E-state index is 12.5. The first-order chi connectivity index (χ1) is 9.98. The first-order valence-electron chi connectivity index (χ1n) is 8.18. The van der Waals surface area contributed by atoms with Crippen molar-refractivity contribution in [2.45, 2.75) is 57.7 Å². The fraction of sp³-hybridized carbons (Fsp3) is 0.938. The molecule has 0 spiro atoms. The van der Waals surface area contributed by atoms with E-state index in [1.165, 1.54) is 7.11 Å². The quantitative estimate of drug-likeness (QED) is 0.752. The van der Waals surface area contributed by atoms with Crippen molar-refractivity contribution < 1.29 is 14.3 Å². The second-order valence-electron chi connectivity index (χ2n) is 6.81. The number of hydrogen-bond acceptors (Lipinski definition) is 5. The SMILES string of the molecule is COC(=O)C(CN1CCCOC(C)C1)(NC(C)C)C1CC1. The number of rotatable bonds is 6. The molecule has 0 amide bonds. The molecule has 0 aromatic carbocycles. The van der Waals surface area contributed by atoms with Crippen molar-refractivity contribution in [2.75, 3.05) is 33.4 Å². The van der Waals surface area contributed by atoms with Crippen LogP contribution in [0.1, 0.15) is 40.0 Å². The third kappa shape index (κ3) is 4.18. The maximum atomic E-state index is 12.5. The van der Waals surface area contributed by atoms with Gasteiger partial charge in [-0.2, -0.15) is 0 Å². The summed E-state index contributed by atoms with van der Waals surface area (Å²) in [5.41, 5.74) is -0.563. The molecule has 2 rings (SSSR count). The van der Waals surface area contributed by atoms with E-state index >= 15 is 0 Å². The molecule has 122 valence electrons. The van der Waals surface area contributed by atoms with Crippen LogP contribution in [0.2, 0.25) is 0 Å². The van der Waals surface area contributed by atoms with Gasteiger partial charge in [-0.25, -0.2) is 4.79 Å². The van der Waals surface area contributed by atoms with Crippen LogP contribution in [0.3, 0.4) is 0 Å². The van der Waals surface area contributed by atoms with Crippen molar-refractivity contribution in [3.63, 3.8) is 0 Å². The largest absolute Gasteiger partial charge is 0.468 e. The molecule has 2 aliphatic rings. The molecule has 2 unspecified atom stereocenters. The molecule has 1 aliphatic heterocycles. The Morgan fingerprint density at radius 3 is 2.76 bits per heavy atom. The summed E-state index contributed by atoms with van der Waals surface area (Å²) < 4.78 is 10.9. The lowest BCUT2D eigenvalue weighted by Crippen LogP contribution is -2.63. The smallest absolute Gasteiger partial charge is 0.327 e. The lowest BCUT2D eigenvalue weighted by atomic mass is 9.91. The normalized spacial score (nSPS) is 27.2. The Kier molecular flexibility index (Phi) is 5.63. The van der Waals surface area contributed by atoms with Gasteiger partial charge < -0.3 is 9.47 Å². The van der Waals surface area contributed by atoms with Crippen LogP contribution >= 0.6 is 0 Å². The van der Waals surface area contributed by atoms with Gasteiger partial charge in [0.25, 0.3) is 0 Å². The van der Waals surface area contributed by atoms with Crippen LogP contribution in [0.4, 0.5) is 0 Å². The van der Waals surface area contributed by atoms with Crippen molar-refractivity contribution in [1.29, 1.82) is 0 Å². The number of carbonyl (C=O) groups excluding carboxylic acids is 1. The second-order valence-corrected chi connectivity index (χ2v) is 6.81. The minimum atomic E-state index is -0.563. The van der Waals surface area contributed by atoms with E-state index in [9.17, 15) is 4.79 Å². The van der Waals surface area contributed by atoms with Gasteiger partial charge in [0.1, 0.15) is 5.54 Å². The van der Waals surface area contributed by atoms with Crippen LogP contribution in [-0.4, -0.2) is 61.9 Å². The number of nitrogens with one attached hydrogen (secondary N) is 1. The van der Waals surface area contributed by atoms with Gasteiger partial charge in [-0.05, 0) is 46.0 Å². The average molecular weight is 298 g/mol. The Morgan fingerprint density at radius 1 is 1.48 bits per heavy atom. The van der Waals surface area contributed by atoms with E-state index in [4.69, 9.17) is 9.47 Å². The zero-order valence-corrected chi connectivity index (χ0v) is 13.9. The highest BCUT2D eigenvalue weighted by Gasteiger charge is 2.53. The molecule has 0 aromatic heterocycles. The van der Waals surface area contributed by atoms with Gasteiger partial charge >= 0.3 is 5.97 Å². The van der Waals surface area contributed by atoms with Crippen molar-refractivity contribution in [2.24, 2.45) is 5.92 Å². The summed E-state index contributed by atoms with van der Waals surface area (Å²) in [7, 11) is 1.50. The molecule has 1 heterocycles. The first kappa shape index (κ1) is 16.7. The number of hydrogen-bond donors (Lipinski definition) is 1. The fourth-order valence-corrected chi connectivity index (χ4v) is 3.43. The van der Waals surface area contributed by atoms with Gasteiger partial charge in [0, 0.05) is 32.3 Å². The van der Waals surface area contributed by atoms with Gasteiger partial charge in [-0.1, -0.05) is 0 Å². The molecule has 0 bridgehead atoms. The summed E-state index contributed by atoms with van der Waals surface area (Å²) in [6, 6.07) is 0.255. The highest BCUT2D eigenvalue weighted by molar-refractivity contribution is 5.82. The fourth-order valence-electron chi connectivity index (χ4n) is 3.43. The van der Waals surface area contributed by atoms with Crippen LogP contribution in [0, 0.1) is 5.92 Å². The van der Waals surface area contributed by atoms with E-state index in [-0.39, 0.29) is 18.1 Å². The lowest BCUT2D eigenvalue weighted by Gasteiger charge is -2.38. The number of esters is 1. The highest BCUT2D eigenvalue weighted by atomic mass is 16.5. The van der Waals surface area contributed by atoms with E-state index in [0.717, 1.165) is 45.5 Å². The number of ether oxygens (including phenoxy) is 2. The first-order valence-corrected chi connectivity index (χ1v) is 8.18. The topological polar surface area (TPSA) is 50.8 Å². The lowest BCUT2D eigenvalue weighted by molar-refractivity contribution is -0.151. The molecule has 2 fully saturated rings. The van der Waals surface area contributed by atoms with Gasteiger partial charge in [0.2, 0.25) is 0 Å². The van der Waals surface area contributed by atoms with Crippen molar-refractivity contribution in [3.05, 3.63) is 0 Å². The molecule has 1 saturated heterocycles. The highest BCUT2D eigenvalue weighted by Crippen LogP contribution is 2.41. The van der Waals surface area contributed by atoms with E-state index in [1.807, 2.05) is 0 Å². The van der Waals surface area contributed by atoms with E-state index in [0.29, 0.717) is 5.92 Å². The van der Waals surface area contributed by atoms with Crippen molar-refractivity contribution >= 4 is 5.97 Å². The van der Waals surface area contributed by atoms with Crippen LogP contribution in [0.15, 0.2) is 0 Å². The van der Waals surface area contributed by atoms with Gasteiger partial charge in [-0.15, -0.1) is 0 Å². The predicted molar refractivity (Wildman–Crippen MR) is 82.2 cm³/mol. The molecule has 2 atom stereocenters. The summed E-state index contributed by atoms with van der Waals surface area (Å²) in [4.78, 5) is 14.9. The zero-order valence-electron chi connectivity index (χ0n) is 13.9. The van der Waals surface area contributed by atoms with Crippen LogP contribution in [-0.2, 0) is 14.3 Å². The number of carbonyl (C=O) groups is 1. The maximum Gasteiger partial charge on any atom is 0.327 e. The Morgan fingerprint density at radius 2 is 2.19 bits per heavy atom. The molecule has 5 nitrogen and oxygen atoms in total. The molecule has 0 radical (unpaired) electrons. The minimum absolute atomic E-state index is 0.114. The van der Waals surface area contributed by atoms with Crippen LogP contribution in [0.5, 0.6) is 0 Å². The minimum Gasteiger partial charge on any atom is -0.468 e. The van der Waals surface area contributed by atoms with Crippen molar-refractivity contribution in [3.8, 4) is 0 Å². The Bertz CT molecular complexity index is 357. The molecular weight excluding hydrogens is 268 g/mol. The molecule has 0 aromatic rings. The third-order valence-electron chi connectivity index (χ3n) is 4.38. The van der Waals surface area contributed by atoms with E-state index in [1.54, 1.807) is 0 Å². The van der Waals surface area contributed by atoms with Crippen molar-refractivity contribution in [1.82, 2.24) is 10.2 Å². The van der Waals surface area contributed by atoms with Crippen LogP contribution < -0.4 is 5.32 Å². The van der Waals surface area contributed by atoms with Gasteiger partial charge in [0.15, 0.2) is 0 Å². The number of nitrogens with zero attached hydrogens (tertiary/aromatic N) is 1. The molecular formula is C16H30N2O3. The van der Waals surface area contributed by atoms with Gasteiger partial charge in [0.05, 0.1) is 13.2 Å². The predicted octanol–water partition coefficient (Wildman–Crippen LogP) is 1.42. The molecule has 21 heavy (non-hydrogen) atoms. The van der Waals surface area contributed by atoms with Crippen LogP contribution in [0.25, 0.3) is 0 Å². The third-order valence-corrected chi connectivity index (χ3v) is 4.38. The molecule has 1 aliphatic carbocycles. The number of methoxy groups -OCH3 is 1. The summed E-state index contributed by atoms with van der Waals surface area (Å²) in [6.07, 6.45) is 3.46. The second kappa shape index (κ2) is 7.07. The molecule has 1 saturated carbocycles. The summed E-state index contributed by atoms with van der Waals surface area (Å²) in [5, 5.41) is 3.53. The summed E-state index contributed by atoms with van der Waals surface area (Å²) in [5.74, 6) is 0.281. The van der Waals surface area contributed by atoms with E-state index < -0.39 is 5.54 Å². The average Bonchev–Trinajstić information content (AvgIpc) is 3.24. The standard InChI is InChI=1S/C16H30N2O3/c1-12(2)17-16(14-6-7-14,15(19)20-4)11-18-8-5-9-21-13(3)10-18/h12-14,17H,5-11H2,1-4H3. The Hall–Kier alpha value is -0.650. The zero-order chi connectivity index (χ0) is 15.5. The van der Waals surface area contributed by atoms with Gasteiger partial charge in [-0.3, -0.25) is 10.2 Å². The van der Waals surface area contributed by atoms with E-state index in [2.05, 4.69) is 31.0 Å². The summed E-state index contributed by atoms with van der Waals surface area (Å²) in [6.45, 7) is 9.68. The molecule has 1 N–H and O–H groups in total.